The summed E-state index contributed by atoms with van der Waals surface area (Å²) in [5, 5.41) is 0. The molecule has 0 spiro atoms. The highest BCUT2D eigenvalue weighted by molar-refractivity contribution is 7.89. The second-order valence-corrected chi connectivity index (χ2v) is 6.98. The standard InChI is InChI=1S/C13H18N2O3S2/c1-18-12-7-3-6-11(12)15-20(16,17)10-5-2-4-9(8-10)13(14)19/h2,4-5,8,11-12,15H,3,6-7H2,1H3,(H2,14,19). The molecule has 0 aromatic heterocycles. The predicted molar refractivity (Wildman–Crippen MR) is 81.1 cm³/mol. The maximum Gasteiger partial charge on any atom is 0.240 e. The van der Waals surface area contributed by atoms with E-state index >= 15 is 0 Å². The molecular formula is C13H18N2O3S2. The quantitative estimate of drug-likeness (QED) is 0.797. The lowest BCUT2D eigenvalue weighted by Crippen LogP contribution is -2.40. The van der Waals surface area contributed by atoms with Crippen LogP contribution in [0.4, 0.5) is 0 Å². The van der Waals surface area contributed by atoms with E-state index < -0.39 is 10.0 Å². The number of rotatable bonds is 5. The minimum absolute atomic E-state index is 0.0662. The normalized spacial score (nSPS) is 22.9. The molecule has 5 nitrogen and oxygen atoms in total. The highest BCUT2D eigenvalue weighted by Crippen LogP contribution is 2.23. The predicted octanol–water partition coefficient (Wildman–Crippen LogP) is 1.17. The zero-order valence-corrected chi connectivity index (χ0v) is 12.8. The largest absolute Gasteiger partial charge is 0.389 e. The Balaban J connectivity index is 2.22. The maximum absolute atomic E-state index is 12.4. The third kappa shape index (κ3) is 3.35. The van der Waals surface area contributed by atoms with Crippen LogP contribution in [0.3, 0.4) is 0 Å². The van der Waals surface area contributed by atoms with Gasteiger partial charge in [0.05, 0.1) is 11.0 Å². The number of nitrogens with one attached hydrogen (secondary N) is 1. The van der Waals surface area contributed by atoms with Crippen molar-refractivity contribution in [3.8, 4) is 0 Å². The molecule has 1 aromatic rings. The number of methoxy groups -OCH3 is 1. The number of ether oxygens (including phenoxy) is 1. The minimum atomic E-state index is -3.59. The van der Waals surface area contributed by atoms with E-state index in [0.29, 0.717) is 5.56 Å². The molecule has 2 atom stereocenters. The fourth-order valence-electron chi connectivity index (χ4n) is 2.43. The summed E-state index contributed by atoms with van der Waals surface area (Å²) in [7, 11) is -1.99. The van der Waals surface area contributed by atoms with E-state index in [1.54, 1.807) is 19.2 Å². The number of thiocarbonyl (C=S) groups is 1. The first-order valence-corrected chi connectivity index (χ1v) is 8.28. The number of nitrogens with two attached hydrogens (primary N) is 1. The third-order valence-corrected chi connectivity index (χ3v) is 5.21. The fraction of sp³-hybridized carbons (Fsp3) is 0.462. The first-order valence-electron chi connectivity index (χ1n) is 6.39. The van der Waals surface area contributed by atoms with E-state index in [2.05, 4.69) is 4.72 Å². The summed E-state index contributed by atoms with van der Waals surface area (Å²) in [6.07, 6.45) is 2.55. The van der Waals surface area contributed by atoms with Crippen molar-refractivity contribution in [3.63, 3.8) is 0 Å². The molecule has 1 aromatic carbocycles. The number of hydrogen-bond acceptors (Lipinski definition) is 4. The molecule has 1 aliphatic carbocycles. The lowest BCUT2D eigenvalue weighted by Gasteiger charge is -2.19. The Morgan fingerprint density at radius 1 is 1.45 bits per heavy atom. The monoisotopic (exact) mass is 314 g/mol. The average Bonchev–Trinajstić information content (AvgIpc) is 2.85. The zero-order valence-electron chi connectivity index (χ0n) is 11.2. The second kappa shape index (κ2) is 6.17. The van der Waals surface area contributed by atoms with Crippen LogP contribution in [0.5, 0.6) is 0 Å². The van der Waals surface area contributed by atoms with E-state index in [4.69, 9.17) is 22.7 Å². The molecule has 0 saturated heterocycles. The smallest absolute Gasteiger partial charge is 0.240 e. The first-order chi connectivity index (χ1) is 9.44. The molecule has 7 heteroatoms. The van der Waals surface area contributed by atoms with Gasteiger partial charge in [-0.05, 0) is 31.4 Å². The van der Waals surface area contributed by atoms with Crippen LogP contribution in [0.15, 0.2) is 29.2 Å². The molecule has 1 aliphatic rings. The fourth-order valence-corrected chi connectivity index (χ4v) is 3.90. The van der Waals surface area contributed by atoms with Gasteiger partial charge in [0.25, 0.3) is 0 Å². The van der Waals surface area contributed by atoms with Crippen molar-refractivity contribution in [2.75, 3.05) is 7.11 Å². The van der Waals surface area contributed by atoms with Gasteiger partial charge in [0, 0.05) is 18.7 Å². The Morgan fingerprint density at radius 3 is 2.85 bits per heavy atom. The van der Waals surface area contributed by atoms with E-state index in [9.17, 15) is 8.42 Å². The van der Waals surface area contributed by atoms with Gasteiger partial charge in [0.1, 0.15) is 4.99 Å². The van der Waals surface area contributed by atoms with Crippen LogP contribution < -0.4 is 10.5 Å². The Hall–Kier alpha value is -1.02. The lowest BCUT2D eigenvalue weighted by atomic mass is 10.2. The van der Waals surface area contributed by atoms with Gasteiger partial charge in [-0.2, -0.15) is 0 Å². The molecule has 110 valence electrons. The maximum atomic E-state index is 12.4. The van der Waals surface area contributed by atoms with E-state index in [1.165, 1.54) is 12.1 Å². The molecule has 1 fully saturated rings. The van der Waals surface area contributed by atoms with Crippen LogP contribution >= 0.6 is 12.2 Å². The van der Waals surface area contributed by atoms with Crippen molar-refractivity contribution in [3.05, 3.63) is 29.8 Å². The SMILES string of the molecule is COC1CCCC1NS(=O)(=O)c1cccc(C(N)=S)c1. The van der Waals surface area contributed by atoms with Crippen LogP contribution in [0.25, 0.3) is 0 Å². The molecule has 20 heavy (non-hydrogen) atoms. The van der Waals surface area contributed by atoms with Crippen molar-refractivity contribution in [2.24, 2.45) is 5.73 Å². The Morgan fingerprint density at radius 2 is 2.20 bits per heavy atom. The van der Waals surface area contributed by atoms with Gasteiger partial charge in [-0.15, -0.1) is 0 Å². The molecule has 2 rings (SSSR count). The van der Waals surface area contributed by atoms with Crippen LogP contribution in [0, 0.1) is 0 Å². The summed E-state index contributed by atoms with van der Waals surface area (Å²) in [5.74, 6) is 0. The molecular weight excluding hydrogens is 296 g/mol. The van der Waals surface area contributed by atoms with E-state index in [-0.39, 0.29) is 22.0 Å². The number of benzene rings is 1. The van der Waals surface area contributed by atoms with Gasteiger partial charge < -0.3 is 10.5 Å². The van der Waals surface area contributed by atoms with Crippen LogP contribution in [0.2, 0.25) is 0 Å². The molecule has 0 aliphatic heterocycles. The molecule has 3 N–H and O–H groups in total. The van der Waals surface area contributed by atoms with Gasteiger partial charge in [-0.25, -0.2) is 13.1 Å². The van der Waals surface area contributed by atoms with E-state index in [0.717, 1.165) is 19.3 Å². The Kier molecular flexibility index (Phi) is 4.74. The Labute approximate surface area is 124 Å². The van der Waals surface area contributed by atoms with Crippen molar-refractivity contribution >= 4 is 27.2 Å². The minimum Gasteiger partial charge on any atom is -0.389 e. The summed E-state index contributed by atoms with van der Waals surface area (Å²) in [6, 6.07) is 6.15. The molecule has 1 saturated carbocycles. The molecule has 2 unspecified atom stereocenters. The van der Waals surface area contributed by atoms with E-state index in [1.807, 2.05) is 0 Å². The van der Waals surface area contributed by atoms with Crippen LogP contribution in [0.1, 0.15) is 24.8 Å². The third-order valence-electron chi connectivity index (χ3n) is 3.49. The highest BCUT2D eigenvalue weighted by atomic mass is 32.2. The number of hydrogen-bond donors (Lipinski definition) is 2. The summed E-state index contributed by atoms with van der Waals surface area (Å²) < 4.78 is 32.7. The topological polar surface area (TPSA) is 81.4 Å². The van der Waals surface area contributed by atoms with Crippen molar-refractivity contribution in [1.29, 1.82) is 0 Å². The first kappa shape index (κ1) is 15.4. The van der Waals surface area contributed by atoms with Gasteiger partial charge in [-0.1, -0.05) is 24.4 Å². The second-order valence-electron chi connectivity index (χ2n) is 4.82. The van der Waals surface area contributed by atoms with Gasteiger partial charge in [-0.3, -0.25) is 0 Å². The summed E-state index contributed by atoms with van der Waals surface area (Å²) in [4.78, 5) is 0.349. The Bertz CT molecular complexity index is 601. The molecule has 0 heterocycles. The number of sulfonamides is 1. The lowest BCUT2D eigenvalue weighted by molar-refractivity contribution is 0.0916. The van der Waals surface area contributed by atoms with Gasteiger partial charge >= 0.3 is 0 Å². The van der Waals surface area contributed by atoms with Crippen LogP contribution in [-0.4, -0.2) is 32.7 Å². The summed E-state index contributed by atoms with van der Waals surface area (Å²) in [5.41, 5.74) is 6.07. The van der Waals surface area contributed by atoms with Crippen molar-refractivity contribution in [1.82, 2.24) is 4.72 Å². The zero-order chi connectivity index (χ0) is 14.8. The summed E-state index contributed by atoms with van der Waals surface area (Å²) >= 11 is 4.87. The highest BCUT2D eigenvalue weighted by Gasteiger charge is 2.31. The van der Waals surface area contributed by atoms with Crippen LogP contribution in [-0.2, 0) is 14.8 Å². The molecule has 0 amide bonds. The summed E-state index contributed by atoms with van der Waals surface area (Å²) in [6.45, 7) is 0. The average molecular weight is 314 g/mol. The van der Waals surface area contributed by atoms with Gasteiger partial charge in [0.15, 0.2) is 0 Å². The van der Waals surface area contributed by atoms with Gasteiger partial charge in [0.2, 0.25) is 10.0 Å². The van der Waals surface area contributed by atoms with Crippen molar-refractivity contribution < 1.29 is 13.2 Å². The molecule has 0 radical (unpaired) electrons. The molecule has 0 bridgehead atoms. The van der Waals surface area contributed by atoms with Crippen molar-refractivity contribution in [2.45, 2.75) is 36.3 Å².